The van der Waals surface area contributed by atoms with E-state index in [4.69, 9.17) is 16.3 Å². The number of hydrogen-bond acceptors (Lipinski definition) is 7. The van der Waals surface area contributed by atoms with Crippen LogP contribution in [0.3, 0.4) is 0 Å². The fraction of sp³-hybridized carbons (Fsp3) is 0.176. The average Bonchev–Trinajstić information content (AvgIpc) is 3.80. The number of esters is 1. The first-order valence-electron chi connectivity index (χ1n) is 14.7. The van der Waals surface area contributed by atoms with Gasteiger partial charge < -0.3 is 34.8 Å². The molecule has 4 N–H and O–H groups in total. The lowest BCUT2D eigenvalue weighted by molar-refractivity contribution is -0.141. The Bertz CT molecular complexity index is 2350. The van der Waals surface area contributed by atoms with E-state index in [0.717, 1.165) is 17.9 Å². The number of H-pyrrole nitrogens is 2. The van der Waals surface area contributed by atoms with Gasteiger partial charge in [0, 0.05) is 58.0 Å². The highest BCUT2D eigenvalue weighted by atomic mass is 35.5. The molecule has 4 heterocycles. The topological polar surface area (TPSA) is 150 Å². The summed E-state index contributed by atoms with van der Waals surface area (Å²) in [5, 5.41) is 15.6. The monoisotopic (exact) mass is 691 g/mol. The fourth-order valence-corrected chi connectivity index (χ4v) is 6.54. The number of pyridine rings is 1. The largest absolute Gasteiger partial charge is 0.506 e. The van der Waals surface area contributed by atoms with Gasteiger partial charge in [-0.25, -0.2) is 4.79 Å². The highest BCUT2D eigenvalue weighted by Gasteiger charge is 2.43. The van der Waals surface area contributed by atoms with Gasteiger partial charge in [0.25, 0.3) is 11.8 Å². The number of phenols is 1. The summed E-state index contributed by atoms with van der Waals surface area (Å²) in [6.45, 7) is -0.0370. The minimum atomic E-state index is -4.98. The van der Waals surface area contributed by atoms with Gasteiger partial charge in [0.15, 0.2) is 0 Å². The summed E-state index contributed by atoms with van der Waals surface area (Å²) in [7, 11) is 2.50. The number of carbonyl (C=O) groups is 3. The zero-order valence-corrected chi connectivity index (χ0v) is 26.4. The van der Waals surface area contributed by atoms with Crippen LogP contribution in [0.5, 0.6) is 11.5 Å². The molecule has 49 heavy (non-hydrogen) atoms. The SMILES string of the molecule is COC(=O)c1c(C(F)(F)F)[nH]c2c(O)cc3c(c12)[C@H](CCl)CN3C(=O)c1cc2cc(NC(=O)c3cc4cc(OC)ccc4cn3)ccc2[nH]1. The number of aromatic nitrogens is 3. The molecule has 11 nitrogen and oxygen atoms in total. The molecule has 3 aromatic carbocycles. The van der Waals surface area contributed by atoms with E-state index < -0.39 is 46.9 Å². The first-order chi connectivity index (χ1) is 23.4. The second-order valence-electron chi connectivity index (χ2n) is 11.4. The first kappa shape index (κ1) is 31.8. The molecule has 1 atom stereocenters. The number of halogens is 4. The number of ether oxygens (including phenoxy) is 2. The van der Waals surface area contributed by atoms with Gasteiger partial charge >= 0.3 is 12.1 Å². The van der Waals surface area contributed by atoms with Crippen LogP contribution in [-0.2, 0) is 10.9 Å². The second-order valence-corrected chi connectivity index (χ2v) is 11.7. The van der Waals surface area contributed by atoms with Crippen molar-refractivity contribution in [2.45, 2.75) is 12.1 Å². The molecule has 15 heteroatoms. The smallest absolute Gasteiger partial charge is 0.432 e. The number of aromatic hydroxyl groups is 1. The average molecular weight is 692 g/mol. The molecule has 0 spiro atoms. The summed E-state index contributed by atoms with van der Waals surface area (Å²) in [4.78, 5) is 50.4. The van der Waals surface area contributed by atoms with Crippen LogP contribution in [-0.4, -0.2) is 64.5 Å². The normalized spacial score (nSPS) is 14.4. The molecule has 1 aliphatic heterocycles. The number of amides is 2. The molecule has 0 bridgehead atoms. The molecule has 7 rings (SSSR count). The van der Waals surface area contributed by atoms with Crippen LogP contribution >= 0.6 is 11.6 Å². The summed E-state index contributed by atoms with van der Waals surface area (Å²) >= 11 is 6.26. The molecule has 0 saturated heterocycles. The third kappa shape index (κ3) is 5.33. The lowest BCUT2D eigenvalue weighted by Gasteiger charge is -2.17. The van der Waals surface area contributed by atoms with E-state index in [1.54, 1.807) is 55.8 Å². The Hall–Kier alpha value is -5.76. The number of rotatable bonds is 6. The second kappa shape index (κ2) is 11.7. The number of aromatic amines is 2. The standard InChI is InChI=1S/C34H25ClF3N5O6/c1-48-20-5-3-15-13-39-22(9-16(15)8-20)31(45)40-19-4-6-21-17(7-19)10-23(41-21)32(46)43-14-18(12-35)26-24(43)11-25(44)29-27(26)28(33(47)49-2)30(42-29)34(36,37)38/h3-11,13,18,41-42,44H,12,14H2,1-2H3,(H,40,45)/t18-/m1/s1. The molecule has 0 radical (unpaired) electrons. The Morgan fingerprint density at radius 1 is 1.04 bits per heavy atom. The van der Waals surface area contributed by atoms with Crippen LogP contribution in [0.4, 0.5) is 24.5 Å². The number of nitrogens with zero attached hydrogens (tertiary/aromatic N) is 2. The Balaban J connectivity index is 1.21. The number of methoxy groups -OCH3 is 2. The van der Waals surface area contributed by atoms with Gasteiger partial charge in [0.1, 0.15) is 28.6 Å². The maximum absolute atomic E-state index is 14.0. The third-order valence-corrected chi connectivity index (χ3v) is 8.92. The Morgan fingerprint density at radius 3 is 2.55 bits per heavy atom. The van der Waals surface area contributed by atoms with E-state index in [2.05, 4.69) is 25.0 Å². The Labute approximate surface area is 279 Å². The van der Waals surface area contributed by atoms with Crippen LogP contribution < -0.4 is 15.0 Å². The van der Waals surface area contributed by atoms with Crippen molar-refractivity contribution in [2.24, 2.45) is 0 Å². The summed E-state index contributed by atoms with van der Waals surface area (Å²) in [5.41, 5.74) is -0.894. The number of hydrogen-bond donors (Lipinski definition) is 4. The van der Waals surface area contributed by atoms with E-state index in [0.29, 0.717) is 22.3 Å². The number of fused-ring (bicyclic) bond motifs is 5. The van der Waals surface area contributed by atoms with E-state index >= 15 is 0 Å². The van der Waals surface area contributed by atoms with E-state index in [9.17, 15) is 32.7 Å². The molecule has 0 fully saturated rings. The molecule has 0 aliphatic carbocycles. The van der Waals surface area contributed by atoms with Crippen molar-refractivity contribution in [2.75, 3.05) is 36.9 Å². The van der Waals surface area contributed by atoms with Crippen LogP contribution in [0.15, 0.2) is 60.8 Å². The van der Waals surface area contributed by atoms with Crippen LogP contribution in [0.25, 0.3) is 32.6 Å². The lowest BCUT2D eigenvalue weighted by atomic mass is 9.95. The van der Waals surface area contributed by atoms with Crippen molar-refractivity contribution < 1.29 is 42.1 Å². The van der Waals surface area contributed by atoms with Gasteiger partial charge in [-0.2, -0.15) is 13.2 Å². The number of anilines is 2. The summed E-state index contributed by atoms with van der Waals surface area (Å²) in [5.74, 6) is -3.01. The van der Waals surface area contributed by atoms with Crippen LogP contribution in [0, 0.1) is 0 Å². The van der Waals surface area contributed by atoms with Gasteiger partial charge in [0.05, 0.1) is 31.0 Å². The quantitative estimate of drug-likeness (QED) is 0.109. The molecule has 1 aliphatic rings. The third-order valence-electron chi connectivity index (χ3n) is 8.55. The maximum atomic E-state index is 14.0. The van der Waals surface area contributed by atoms with Crippen LogP contribution in [0.1, 0.15) is 48.5 Å². The number of alkyl halides is 4. The number of phenolic OH excluding ortho intramolecular Hbond substituents is 1. The highest BCUT2D eigenvalue weighted by Crippen LogP contribution is 2.49. The van der Waals surface area contributed by atoms with Gasteiger partial charge in [-0.1, -0.05) is 0 Å². The number of nitrogens with one attached hydrogen (secondary N) is 3. The molecule has 2 amide bonds. The summed E-state index contributed by atoms with van der Waals surface area (Å²) in [6, 6.07) is 14.8. The predicted molar refractivity (Wildman–Crippen MR) is 176 cm³/mol. The minimum Gasteiger partial charge on any atom is -0.506 e. The van der Waals surface area contributed by atoms with E-state index in [1.807, 2.05) is 6.07 Å². The van der Waals surface area contributed by atoms with Crippen molar-refractivity contribution in [3.8, 4) is 11.5 Å². The molecular formula is C34H25ClF3N5O6. The van der Waals surface area contributed by atoms with Gasteiger partial charge in [-0.15, -0.1) is 11.6 Å². The summed E-state index contributed by atoms with van der Waals surface area (Å²) in [6.07, 6.45) is -3.39. The van der Waals surface area contributed by atoms with E-state index in [1.165, 1.54) is 11.0 Å². The first-order valence-corrected chi connectivity index (χ1v) is 15.3. The van der Waals surface area contributed by atoms with Gasteiger partial charge in [0.2, 0.25) is 0 Å². The van der Waals surface area contributed by atoms with Crippen molar-refractivity contribution in [1.82, 2.24) is 15.0 Å². The predicted octanol–water partition coefficient (Wildman–Crippen LogP) is 6.95. The fourth-order valence-electron chi connectivity index (χ4n) is 6.29. The molecule has 6 aromatic rings. The molecule has 0 unspecified atom stereocenters. The Kier molecular flexibility index (Phi) is 7.62. The molecule has 250 valence electrons. The Morgan fingerprint density at radius 2 is 1.84 bits per heavy atom. The van der Waals surface area contributed by atoms with Crippen LogP contribution in [0.2, 0.25) is 0 Å². The highest BCUT2D eigenvalue weighted by molar-refractivity contribution is 6.20. The van der Waals surface area contributed by atoms with Crippen molar-refractivity contribution in [3.63, 3.8) is 0 Å². The zero-order valence-electron chi connectivity index (χ0n) is 25.7. The lowest BCUT2D eigenvalue weighted by Crippen LogP contribution is -2.30. The zero-order chi connectivity index (χ0) is 34.8. The van der Waals surface area contributed by atoms with Gasteiger partial charge in [-0.05, 0) is 59.5 Å². The summed E-state index contributed by atoms with van der Waals surface area (Å²) < 4.78 is 51.9. The molecule has 0 saturated carbocycles. The maximum Gasteiger partial charge on any atom is 0.432 e. The molecule has 3 aromatic heterocycles. The number of benzene rings is 3. The molecular weight excluding hydrogens is 667 g/mol. The van der Waals surface area contributed by atoms with Crippen molar-refractivity contribution in [3.05, 3.63) is 89.0 Å². The van der Waals surface area contributed by atoms with Crippen molar-refractivity contribution in [1.29, 1.82) is 0 Å². The van der Waals surface area contributed by atoms with E-state index in [-0.39, 0.29) is 46.0 Å². The number of carbonyl (C=O) groups excluding carboxylic acids is 3. The van der Waals surface area contributed by atoms with Gasteiger partial charge in [-0.3, -0.25) is 14.6 Å². The van der Waals surface area contributed by atoms with Crippen molar-refractivity contribution >= 4 is 73.3 Å². The minimum absolute atomic E-state index is 0.0370.